The van der Waals surface area contributed by atoms with Crippen LogP contribution in [-0.4, -0.2) is 54.5 Å². The Morgan fingerprint density at radius 3 is 2.65 bits per heavy atom. The van der Waals surface area contributed by atoms with Crippen LogP contribution in [0, 0.1) is 11.8 Å². The third kappa shape index (κ3) is 3.73. The van der Waals surface area contributed by atoms with Crippen LogP contribution in [0.1, 0.15) is 46.0 Å². The second-order valence-corrected chi connectivity index (χ2v) is 6.55. The van der Waals surface area contributed by atoms with Crippen LogP contribution in [0.25, 0.3) is 0 Å². The van der Waals surface area contributed by atoms with E-state index in [2.05, 4.69) is 11.8 Å². The summed E-state index contributed by atoms with van der Waals surface area (Å²) >= 11 is 0. The van der Waals surface area contributed by atoms with Crippen LogP contribution in [0.5, 0.6) is 0 Å². The predicted molar refractivity (Wildman–Crippen MR) is 82.4 cm³/mol. The molecule has 1 amide bonds. The van der Waals surface area contributed by atoms with Gasteiger partial charge in [-0.1, -0.05) is 19.8 Å². The smallest absolute Gasteiger partial charge is 0.219 e. The zero-order valence-electron chi connectivity index (χ0n) is 13.2. The van der Waals surface area contributed by atoms with Crippen molar-refractivity contribution in [2.75, 3.05) is 32.7 Å². The summed E-state index contributed by atoms with van der Waals surface area (Å²) in [6, 6.07) is 0.644. The van der Waals surface area contributed by atoms with Gasteiger partial charge < -0.3 is 10.6 Å². The highest BCUT2D eigenvalue weighted by molar-refractivity contribution is 5.73. The molecule has 1 heterocycles. The van der Waals surface area contributed by atoms with Crippen molar-refractivity contribution in [3.63, 3.8) is 0 Å². The van der Waals surface area contributed by atoms with E-state index in [0.717, 1.165) is 45.1 Å². The van der Waals surface area contributed by atoms with Crippen LogP contribution in [0.15, 0.2) is 0 Å². The van der Waals surface area contributed by atoms with E-state index in [1.54, 1.807) is 6.92 Å². The molecule has 2 rings (SSSR count). The minimum Gasteiger partial charge on any atom is -0.342 e. The van der Waals surface area contributed by atoms with Crippen molar-refractivity contribution in [2.45, 2.75) is 52.0 Å². The molecule has 3 atom stereocenters. The Bertz CT molecular complexity index is 321. The van der Waals surface area contributed by atoms with E-state index in [1.165, 1.54) is 25.7 Å². The molecule has 0 bridgehead atoms. The van der Waals surface area contributed by atoms with E-state index in [1.807, 2.05) is 4.90 Å². The van der Waals surface area contributed by atoms with Gasteiger partial charge in [0.2, 0.25) is 5.91 Å². The molecule has 0 aromatic rings. The summed E-state index contributed by atoms with van der Waals surface area (Å²) in [5, 5.41) is 0. The molecule has 4 nitrogen and oxygen atoms in total. The Morgan fingerprint density at radius 2 is 2.00 bits per heavy atom. The van der Waals surface area contributed by atoms with Gasteiger partial charge in [-0.25, -0.2) is 0 Å². The molecular formula is C16H31N3O. The molecule has 1 aliphatic carbocycles. The highest BCUT2D eigenvalue weighted by Gasteiger charge is 2.33. The summed E-state index contributed by atoms with van der Waals surface area (Å²) in [6.45, 7) is 8.77. The van der Waals surface area contributed by atoms with Gasteiger partial charge in [0.05, 0.1) is 0 Å². The molecule has 1 aliphatic heterocycles. The molecule has 2 fully saturated rings. The Balaban J connectivity index is 1.98. The Hall–Kier alpha value is -0.610. The van der Waals surface area contributed by atoms with E-state index >= 15 is 0 Å². The molecule has 2 aliphatic rings. The molecule has 0 radical (unpaired) electrons. The maximum Gasteiger partial charge on any atom is 0.219 e. The third-order valence-corrected chi connectivity index (χ3v) is 5.39. The van der Waals surface area contributed by atoms with Crippen molar-refractivity contribution in [3.8, 4) is 0 Å². The minimum atomic E-state index is 0.220. The maximum atomic E-state index is 11.5. The lowest BCUT2D eigenvalue weighted by Crippen LogP contribution is -2.48. The Kier molecular flexibility index (Phi) is 5.85. The molecule has 116 valence electrons. The van der Waals surface area contributed by atoms with Gasteiger partial charge in [-0.2, -0.15) is 0 Å². The van der Waals surface area contributed by atoms with Crippen molar-refractivity contribution in [1.82, 2.24) is 9.80 Å². The lowest BCUT2D eigenvalue weighted by molar-refractivity contribution is -0.128. The normalized spacial score (nSPS) is 33.0. The standard InChI is InChI=1S/C16H31N3O/c1-3-14-5-6-15(12-17)16(11-14)19-8-4-7-18(9-10-19)13(2)20/h14-16H,3-12,17H2,1-2H3. The number of nitrogens with zero attached hydrogens (tertiary/aromatic N) is 2. The molecular weight excluding hydrogens is 250 g/mol. The van der Waals surface area contributed by atoms with Gasteiger partial charge in [0.1, 0.15) is 0 Å². The van der Waals surface area contributed by atoms with Gasteiger partial charge in [0.15, 0.2) is 0 Å². The van der Waals surface area contributed by atoms with Gasteiger partial charge in [0, 0.05) is 39.1 Å². The molecule has 3 unspecified atom stereocenters. The molecule has 4 heteroatoms. The van der Waals surface area contributed by atoms with Crippen molar-refractivity contribution in [3.05, 3.63) is 0 Å². The molecule has 1 saturated heterocycles. The first-order valence-corrected chi connectivity index (χ1v) is 8.35. The third-order valence-electron chi connectivity index (χ3n) is 5.39. The second kappa shape index (κ2) is 7.41. The van der Waals surface area contributed by atoms with Crippen LogP contribution < -0.4 is 5.73 Å². The summed E-state index contributed by atoms with van der Waals surface area (Å²) < 4.78 is 0. The van der Waals surface area contributed by atoms with Gasteiger partial charge in [0.25, 0.3) is 0 Å². The number of rotatable bonds is 3. The van der Waals surface area contributed by atoms with Crippen molar-refractivity contribution >= 4 is 5.91 Å². The number of hydrogen-bond donors (Lipinski definition) is 1. The summed E-state index contributed by atoms with van der Waals surface area (Å²) in [6.07, 6.45) is 6.33. The average Bonchev–Trinajstić information content (AvgIpc) is 2.72. The topological polar surface area (TPSA) is 49.6 Å². The molecule has 1 saturated carbocycles. The lowest BCUT2D eigenvalue weighted by Gasteiger charge is -2.42. The van der Waals surface area contributed by atoms with Crippen molar-refractivity contribution in [1.29, 1.82) is 0 Å². The monoisotopic (exact) mass is 281 g/mol. The summed E-state index contributed by atoms with van der Waals surface area (Å²) in [5.74, 6) is 1.74. The summed E-state index contributed by atoms with van der Waals surface area (Å²) in [5.41, 5.74) is 6.01. The fourth-order valence-corrected chi connectivity index (χ4v) is 3.97. The van der Waals surface area contributed by atoms with Crippen LogP contribution in [0.4, 0.5) is 0 Å². The first-order chi connectivity index (χ1) is 9.65. The van der Waals surface area contributed by atoms with E-state index < -0.39 is 0 Å². The number of amides is 1. The lowest BCUT2D eigenvalue weighted by atomic mass is 9.76. The zero-order chi connectivity index (χ0) is 14.5. The van der Waals surface area contributed by atoms with E-state index in [-0.39, 0.29) is 5.91 Å². The largest absolute Gasteiger partial charge is 0.342 e. The van der Waals surface area contributed by atoms with Crippen LogP contribution >= 0.6 is 0 Å². The minimum absolute atomic E-state index is 0.220. The fourth-order valence-electron chi connectivity index (χ4n) is 3.97. The number of nitrogens with two attached hydrogens (primary N) is 1. The number of carbonyl (C=O) groups is 1. The molecule has 0 aromatic carbocycles. The van der Waals surface area contributed by atoms with E-state index in [4.69, 9.17) is 5.73 Å². The quantitative estimate of drug-likeness (QED) is 0.856. The maximum absolute atomic E-state index is 11.5. The second-order valence-electron chi connectivity index (χ2n) is 6.55. The van der Waals surface area contributed by atoms with Crippen molar-refractivity contribution < 1.29 is 4.79 Å². The highest BCUT2D eigenvalue weighted by atomic mass is 16.2. The zero-order valence-corrected chi connectivity index (χ0v) is 13.2. The first kappa shape index (κ1) is 15.8. The Morgan fingerprint density at radius 1 is 1.20 bits per heavy atom. The molecule has 0 aromatic heterocycles. The SMILES string of the molecule is CCC1CCC(CN)C(N2CCCN(C(C)=O)CC2)C1. The summed E-state index contributed by atoms with van der Waals surface area (Å²) in [7, 11) is 0. The van der Waals surface area contributed by atoms with E-state index in [0.29, 0.717) is 12.0 Å². The average molecular weight is 281 g/mol. The first-order valence-electron chi connectivity index (χ1n) is 8.35. The predicted octanol–water partition coefficient (Wildman–Crippen LogP) is 1.69. The molecule has 20 heavy (non-hydrogen) atoms. The van der Waals surface area contributed by atoms with Crippen molar-refractivity contribution in [2.24, 2.45) is 17.6 Å². The van der Waals surface area contributed by atoms with Gasteiger partial charge in [-0.05, 0) is 37.6 Å². The van der Waals surface area contributed by atoms with Crippen LogP contribution in [0.3, 0.4) is 0 Å². The van der Waals surface area contributed by atoms with Gasteiger partial charge in [-0.15, -0.1) is 0 Å². The van der Waals surface area contributed by atoms with Gasteiger partial charge in [-0.3, -0.25) is 9.69 Å². The van der Waals surface area contributed by atoms with Gasteiger partial charge >= 0.3 is 0 Å². The van der Waals surface area contributed by atoms with E-state index in [9.17, 15) is 4.79 Å². The Labute approximate surface area is 123 Å². The van der Waals surface area contributed by atoms with Crippen LogP contribution in [-0.2, 0) is 4.79 Å². The molecule has 0 spiro atoms. The summed E-state index contributed by atoms with van der Waals surface area (Å²) in [4.78, 5) is 16.2. The molecule has 2 N–H and O–H groups in total. The van der Waals surface area contributed by atoms with Crippen LogP contribution in [0.2, 0.25) is 0 Å². The number of carbonyl (C=O) groups excluding carboxylic acids is 1. The number of hydrogen-bond acceptors (Lipinski definition) is 3. The fraction of sp³-hybridized carbons (Fsp3) is 0.938. The highest BCUT2D eigenvalue weighted by Crippen LogP contribution is 2.34.